The first-order chi connectivity index (χ1) is 16.4. The molecule has 0 unspecified atom stereocenters. The zero-order valence-corrected chi connectivity index (χ0v) is 19.1. The van der Waals surface area contributed by atoms with E-state index in [9.17, 15) is 13.6 Å². The van der Waals surface area contributed by atoms with Crippen LogP contribution in [0.2, 0.25) is 0 Å². The molecule has 2 aromatic heterocycles. The maximum atomic E-state index is 14.0. The van der Waals surface area contributed by atoms with Crippen molar-refractivity contribution in [1.29, 1.82) is 0 Å². The fraction of sp³-hybridized carbons (Fsp3) is 0.296. The number of amides is 1. The van der Waals surface area contributed by atoms with Gasteiger partial charge >= 0.3 is 0 Å². The molecule has 0 radical (unpaired) electrons. The highest BCUT2D eigenvalue weighted by Crippen LogP contribution is 2.45. The molecule has 4 aromatic rings. The largest absolute Gasteiger partial charge is 0.327 e. The Hall–Kier alpha value is -3.61. The summed E-state index contributed by atoms with van der Waals surface area (Å²) in [7, 11) is 1.80. The van der Waals surface area contributed by atoms with Crippen LogP contribution in [0.25, 0.3) is 22.2 Å². The monoisotopic (exact) mass is 458 g/mol. The number of carbonyl (C=O) groups excluding carboxylic acids is 1. The quantitative estimate of drug-likeness (QED) is 0.398. The first-order valence-corrected chi connectivity index (χ1v) is 11.6. The maximum Gasteiger partial charge on any atom is 0.254 e. The van der Waals surface area contributed by atoms with E-state index < -0.39 is 11.6 Å². The van der Waals surface area contributed by atoms with Crippen molar-refractivity contribution in [2.45, 2.75) is 44.7 Å². The third kappa shape index (κ3) is 3.22. The van der Waals surface area contributed by atoms with E-state index in [1.165, 1.54) is 12.1 Å². The molecule has 0 spiro atoms. The molecule has 172 valence electrons. The van der Waals surface area contributed by atoms with Crippen molar-refractivity contribution in [1.82, 2.24) is 19.7 Å². The number of pyridine rings is 1. The van der Waals surface area contributed by atoms with Gasteiger partial charge in [-0.2, -0.15) is 5.10 Å². The lowest BCUT2D eigenvalue weighted by atomic mass is 9.81. The van der Waals surface area contributed by atoms with Crippen molar-refractivity contribution < 1.29 is 13.6 Å². The molecular weight excluding hydrogens is 434 g/mol. The molecule has 2 aliphatic rings. The van der Waals surface area contributed by atoms with Crippen molar-refractivity contribution in [2.75, 3.05) is 0 Å². The summed E-state index contributed by atoms with van der Waals surface area (Å²) in [5.41, 5.74) is 5.63. The average Bonchev–Trinajstić information content (AvgIpc) is 3.13. The van der Waals surface area contributed by atoms with Gasteiger partial charge in [0.15, 0.2) is 0 Å². The molecule has 2 atom stereocenters. The van der Waals surface area contributed by atoms with Gasteiger partial charge in [0, 0.05) is 47.4 Å². The average molecular weight is 459 g/mol. The van der Waals surface area contributed by atoms with Crippen LogP contribution in [0.15, 0.2) is 48.7 Å². The van der Waals surface area contributed by atoms with Crippen LogP contribution in [0.4, 0.5) is 8.78 Å². The van der Waals surface area contributed by atoms with Gasteiger partial charge in [0.2, 0.25) is 0 Å². The molecule has 1 amide bonds. The molecule has 0 N–H and O–H groups in total. The topological polar surface area (TPSA) is 51.0 Å². The van der Waals surface area contributed by atoms with E-state index in [0.717, 1.165) is 58.7 Å². The Morgan fingerprint density at radius 1 is 1.06 bits per heavy atom. The summed E-state index contributed by atoms with van der Waals surface area (Å²) in [5, 5.41) is 5.74. The number of piperidine rings is 1. The molecule has 34 heavy (non-hydrogen) atoms. The van der Waals surface area contributed by atoms with Crippen LogP contribution < -0.4 is 0 Å². The molecule has 1 fully saturated rings. The van der Waals surface area contributed by atoms with E-state index in [0.29, 0.717) is 17.5 Å². The Morgan fingerprint density at radius 3 is 2.65 bits per heavy atom. The van der Waals surface area contributed by atoms with Crippen LogP contribution in [0, 0.1) is 18.6 Å². The zero-order valence-electron chi connectivity index (χ0n) is 19.1. The lowest BCUT2D eigenvalue weighted by Crippen LogP contribution is -2.49. The van der Waals surface area contributed by atoms with Gasteiger partial charge < -0.3 is 4.90 Å². The van der Waals surface area contributed by atoms with Gasteiger partial charge in [-0.1, -0.05) is 0 Å². The van der Waals surface area contributed by atoms with E-state index in [-0.39, 0.29) is 18.0 Å². The number of carbonyl (C=O) groups is 1. The molecule has 2 aliphatic heterocycles. The molecule has 0 aliphatic carbocycles. The first kappa shape index (κ1) is 21.0. The van der Waals surface area contributed by atoms with E-state index in [1.807, 2.05) is 36.1 Å². The summed E-state index contributed by atoms with van der Waals surface area (Å²) >= 11 is 0. The number of fused-ring (bicyclic) bond motifs is 5. The standard InChI is InChI=1S/C27H24F2N4O/c1-15-8-9-30-23-7-6-16(12-21(15)23)27(34)33-20-4-3-5-24(33)25-22(14-20)26(32(2)31-25)17-10-18(28)13-19(29)11-17/h6-13,20,24H,3-5,14H2,1-2H3/t20-,24+/m1/s1. The second-order valence-corrected chi connectivity index (χ2v) is 9.37. The number of rotatable bonds is 2. The molecule has 7 heteroatoms. The van der Waals surface area contributed by atoms with Crippen LogP contribution in [0.5, 0.6) is 0 Å². The molecule has 1 saturated heterocycles. The molecular formula is C27H24F2N4O. The van der Waals surface area contributed by atoms with E-state index >= 15 is 0 Å². The molecule has 2 bridgehead atoms. The number of halogens is 2. The Balaban J connectivity index is 1.43. The van der Waals surface area contributed by atoms with Crippen LogP contribution in [0.3, 0.4) is 0 Å². The Bertz CT molecular complexity index is 1440. The van der Waals surface area contributed by atoms with E-state index in [1.54, 1.807) is 17.9 Å². The lowest BCUT2D eigenvalue weighted by Gasteiger charge is -2.45. The fourth-order valence-corrected chi connectivity index (χ4v) is 5.77. The third-order valence-electron chi connectivity index (χ3n) is 7.25. The molecule has 4 heterocycles. The van der Waals surface area contributed by atoms with Gasteiger partial charge in [0.05, 0.1) is 22.9 Å². The number of nitrogens with zero attached hydrogens (tertiary/aromatic N) is 4. The molecule has 6 rings (SSSR count). The summed E-state index contributed by atoms with van der Waals surface area (Å²) in [4.78, 5) is 20.2. The minimum Gasteiger partial charge on any atom is -0.327 e. The van der Waals surface area contributed by atoms with Crippen molar-refractivity contribution in [3.8, 4) is 11.3 Å². The SMILES string of the molecule is Cc1ccnc2ccc(C(=O)N3[C@@H]4CCC[C@H]3c3nn(C)c(-c5cc(F)cc(F)c5)c3C4)cc12. The summed E-state index contributed by atoms with van der Waals surface area (Å²) in [6.07, 6.45) is 5.12. The van der Waals surface area contributed by atoms with Crippen molar-refractivity contribution >= 4 is 16.8 Å². The summed E-state index contributed by atoms with van der Waals surface area (Å²) in [6.45, 7) is 2.02. The first-order valence-electron chi connectivity index (χ1n) is 11.6. The minimum atomic E-state index is -0.612. The molecule has 0 saturated carbocycles. The number of aromatic nitrogens is 3. The smallest absolute Gasteiger partial charge is 0.254 e. The highest BCUT2D eigenvalue weighted by Gasteiger charge is 2.43. The number of hydrogen-bond acceptors (Lipinski definition) is 3. The molecule has 5 nitrogen and oxygen atoms in total. The van der Waals surface area contributed by atoms with Crippen molar-refractivity contribution in [2.24, 2.45) is 7.05 Å². The van der Waals surface area contributed by atoms with Gasteiger partial charge in [0.1, 0.15) is 11.6 Å². The third-order valence-corrected chi connectivity index (χ3v) is 7.25. The lowest BCUT2D eigenvalue weighted by molar-refractivity contribution is 0.0392. The number of hydrogen-bond donors (Lipinski definition) is 0. The second kappa shape index (κ2) is 7.72. The molecule has 2 aromatic carbocycles. The Morgan fingerprint density at radius 2 is 1.85 bits per heavy atom. The van der Waals surface area contributed by atoms with Gasteiger partial charge in [-0.05, 0) is 74.6 Å². The van der Waals surface area contributed by atoms with E-state index in [4.69, 9.17) is 5.10 Å². The summed E-state index contributed by atoms with van der Waals surface area (Å²) in [6, 6.07) is 11.1. The highest BCUT2D eigenvalue weighted by atomic mass is 19.1. The van der Waals surface area contributed by atoms with Gasteiger partial charge in [0.25, 0.3) is 5.91 Å². The van der Waals surface area contributed by atoms with Crippen LogP contribution >= 0.6 is 0 Å². The van der Waals surface area contributed by atoms with Gasteiger partial charge in [-0.15, -0.1) is 0 Å². The van der Waals surface area contributed by atoms with Crippen LogP contribution in [-0.2, 0) is 13.5 Å². The van der Waals surface area contributed by atoms with E-state index in [2.05, 4.69) is 4.98 Å². The maximum absolute atomic E-state index is 14.0. The fourth-order valence-electron chi connectivity index (χ4n) is 5.77. The summed E-state index contributed by atoms with van der Waals surface area (Å²) in [5.74, 6) is -1.23. The normalized spacial score (nSPS) is 19.4. The Labute approximate surface area is 196 Å². The number of benzene rings is 2. The Kier molecular flexibility index (Phi) is 4.76. The van der Waals surface area contributed by atoms with Crippen LogP contribution in [0.1, 0.15) is 52.5 Å². The predicted octanol–water partition coefficient (Wildman–Crippen LogP) is 5.51. The second-order valence-electron chi connectivity index (χ2n) is 9.37. The van der Waals surface area contributed by atoms with Gasteiger partial charge in [-0.3, -0.25) is 14.5 Å². The van der Waals surface area contributed by atoms with Gasteiger partial charge in [-0.25, -0.2) is 8.78 Å². The minimum absolute atomic E-state index is 0.00509. The summed E-state index contributed by atoms with van der Waals surface area (Å²) < 4.78 is 29.7. The highest BCUT2D eigenvalue weighted by molar-refractivity contribution is 5.99. The zero-order chi connectivity index (χ0) is 23.6. The number of aryl methyl sites for hydroxylation is 2. The van der Waals surface area contributed by atoms with Crippen molar-refractivity contribution in [3.63, 3.8) is 0 Å². The van der Waals surface area contributed by atoms with Crippen LogP contribution in [-0.4, -0.2) is 31.6 Å². The van der Waals surface area contributed by atoms with Crippen molar-refractivity contribution in [3.05, 3.63) is 82.7 Å². The predicted molar refractivity (Wildman–Crippen MR) is 125 cm³/mol.